The summed E-state index contributed by atoms with van der Waals surface area (Å²) in [6.07, 6.45) is 0. The van der Waals surface area contributed by atoms with E-state index in [0.29, 0.717) is 17.2 Å². The molecule has 0 aliphatic carbocycles. The minimum atomic E-state index is -0.515. The van der Waals surface area contributed by atoms with E-state index in [1.807, 2.05) is 32.0 Å². The van der Waals surface area contributed by atoms with Crippen molar-refractivity contribution in [2.45, 2.75) is 13.8 Å². The molecule has 0 spiro atoms. The monoisotopic (exact) mass is 369 g/mol. The zero-order valence-electron chi connectivity index (χ0n) is 14.9. The van der Waals surface area contributed by atoms with Crippen LogP contribution in [0, 0.1) is 13.8 Å². The summed E-state index contributed by atoms with van der Waals surface area (Å²) in [5, 5.41) is 2.64. The maximum Gasteiger partial charge on any atom is 0.276 e. The maximum absolute atomic E-state index is 12.2. The number of nitrogens with one attached hydrogen (secondary N) is 3. The molecule has 8 nitrogen and oxygen atoms in total. The number of benzene rings is 2. The average molecular weight is 369 g/mol. The second-order valence-electron chi connectivity index (χ2n) is 6.11. The topological polar surface area (TPSA) is 106 Å². The molecule has 8 heteroatoms. The van der Waals surface area contributed by atoms with Gasteiger partial charge in [0.1, 0.15) is 11.5 Å². The summed E-state index contributed by atoms with van der Waals surface area (Å²) in [7, 11) is 0. The van der Waals surface area contributed by atoms with E-state index >= 15 is 0 Å². The van der Waals surface area contributed by atoms with Gasteiger partial charge in [-0.3, -0.25) is 25.2 Å². The quantitative estimate of drug-likeness (QED) is 0.708. The molecule has 0 atom stereocenters. The number of hydrogen-bond acceptors (Lipinski definition) is 5. The first-order valence-corrected chi connectivity index (χ1v) is 8.28. The molecule has 140 valence electrons. The summed E-state index contributed by atoms with van der Waals surface area (Å²) in [5.41, 5.74) is 7.32. The van der Waals surface area contributed by atoms with E-state index in [-0.39, 0.29) is 24.7 Å². The van der Waals surface area contributed by atoms with Gasteiger partial charge < -0.3 is 14.8 Å². The lowest BCUT2D eigenvalue weighted by Gasteiger charge is -2.18. The zero-order chi connectivity index (χ0) is 19.4. The number of carbonyl (C=O) groups excluding carboxylic acids is 3. The molecule has 3 rings (SSSR count). The van der Waals surface area contributed by atoms with Crippen molar-refractivity contribution in [1.29, 1.82) is 0 Å². The highest BCUT2D eigenvalue weighted by Gasteiger charge is 2.18. The Morgan fingerprint density at radius 2 is 1.96 bits per heavy atom. The van der Waals surface area contributed by atoms with Crippen LogP contribution >= 0.6 is 0 Å². The van der Waals surface area contributed by atoms with Crippen LogP contribution in [0.1, 0.15) is 21.5 Å². The lowest BCUT2D eigenvalue weighted by molar-refractivity contribution is -0.124. The summed E-state index contributed by atoms with van der Waals surface area (Å²) in [5.74, 6) is -0.253. The Morgan fingerprint density at radius 3 is 2.78 bits per heavy atom. The number of carbonyl (C=O) groups is 3. The fourth-order valence-corrected chi connectivity index (χ4v) is 2.46. The third-order valence-electron chi connectivity index (χ3n) is 3.89. The molecule has 2 aromatic carbocycles. The molecular weight excluding hydrogens is 350 g/mol. The highest BCUT2D eigenvalue weighted by atomic mass is 16.5. The van der Waals surface area contributed by atoms with E-state index in [1.54, 1.807) is 6.07 Å². The van der Waals surface area contributed by atoms with Gasteiger partial charge in [-0.2, -0.15) is 0 Å². The van der Waals surface area contributed by atoms with Crippen LogP contribution in [0.3, 0.4) is 0 Å². The average Bonchev–Trinajstić information content (AvgIpc) is 2.66. The molecule has 0 fully saturated rings. The van der Waals surface area contributed by atoms with E-state index in [1.165, 1.54) is 12.1 Å². The second-order valence-corrected chi connectivity index (χ2v) is 6.11. The van der Waals surface area contributed by atoms with Gasteiger partial charge in [-0.05, 0) is 49.2 Å². The lowest BCUT2D eigenvalue weighted by Crippen LogP contribution is -2.43. The van der Waals surface area contributed by atoms with Gasteiger partial charge in [0.15, 0.2) is 13.2 Å². The number of rotatable bonds is 4. The zero-order valence-corrected chi connectivity index (χ0v) is 14.9. The molecule has 0 saturated heterocycles. The first-order chi connectivity index (χ1) is 12.9. The van der Waals surface area contributed by atoms with Crippen LogP contribution in [-0.4, -0.2) is 30.9 Å². The van der Waals surface area contributed by atoms with Gasteiger partial charge in [-0.15, -0.1) is 0 Å². The van der Waals surface area contributed by atoms with Gasteiger partial charge in [0, 0.05) is 5.56 Å². The van der Waals surface area contributed by atoms with E-state index in [4.69, 9.17) is 9.47 Å². The third kappa shape index (κ3) is 4.55. The molecule has 0 aromatic heterocycles. The molecule has 3 amide bonds. The molecule has 1 heterocycles. The predicted octanol–water partition coefficient (Wildman–Crippen LogP) is 1.47. The van der Waals surface area contributed by atoms with Crippen molar-refractivity contribution in [2.75, 3.05) is 18.5 Å². The van der Waals surface area contributed by atoms with Crippen LogP contribution in [0.25, 0.3) is 0 Å². The molecule has 0 radical (unpaired) electrons. The Labute approximate surface area is 155 Å². The minimum absolute atomic E-state index is 0.107. The standard InChI is InChI=1S/C19H19N3O5/c1-11-3-4-12(2)15(7-11)26-10-18(24)21-22-19(25)13-5-6-14-16(8-13)27-9-17(23)20-14/h3-8H,9-10H2,1-2H3,(H,20,23)(H,21,24)(H,22,25). The van der Waals surface area contributed by atoms with Crippen molar-refractivity contribution in [3.8, 4) is 11.5 Å². The van der Waals surface area contributed by atoms with Crippen molar-refractivity contribution < 1.29 is 23.9 Å². The van der Waals surface area contributed by atoms with Crippen molar-refractivity contribution >= 4 is 23.4 Å². The smallest absolute Gasteiger partial charge is 0.276 e. The largest absolute Gasteiger partial charge is 0.483 e. The number of amides is 3. The Hall–Kier alpha value is -3.55. The van der Waals surface area contributed by atoms with Gasteiger partial charge in [-0.1, -0.05) is 12.1 Å². The van der Waals surface area contributed by atoms with Gasteiger partial charge in [-0.25, -0.2) is 0 Å². The van der Waals surface area contributed by atoms with E-state index in [9.17, 15) is 14.4 Å². The summed E-state index contributed by atoms with van der Waals surface area (Å²) >= 11 is 0. The van der Waals surface area contributed by atoms with Crippen LogP contribution in [0.5, 0.6) is 11.5 Å². The third-order valence-corrected chi connectivity index (χ3v) is 3.89. The van der Waals surface area contributed by atoms with Gasteiger partial charge in [0.05, 0.1) is 5.69 Å². The number of fused-ring (bicyclic) bond motifs is 1. The molecule has 1 aliphatic heterocycles. The molecule has 3 N–H and O–H groups in total. The highest BCUT2D eigenvalue weighted by Crippen LogP contribution is 2.28. The number of hydrogen-bond donors (Lipinski definition) is 3. The Balaban J connectivity index is 1.52. The Kier molecular flexibility index (Phi) is 5.25. The number of aryl methyl sites for hydroxylation is 2. The number of ether oxygens (including phenoxy) is 2. The lowest BCUT2D eigenvalue weighted by atomic mass is 10.1. The molecule has 0 unspecified atom stereocenters. The van der Waals surface area contributed by atoms with Gasteiger partial charge >= 0.3 is 0 Å². The molecule has 2 aromatic rings. The minimum Gasteiger partial charge on any atom is -0.483 e. The van der Waals surface area contributed by atoms with Crippen molar-refractivity contribution in [3.05, 3.63) is 53.1 Å². The second kappa shape index (κ2) is 7.77. The van der Waals surface area contributed by atoms with Crippen LogP contribution in [0.15, 0.2) is 36.4 Å². The first kappa shape index (κ1) is 18.2. The van der Waals surface area contributed by atoms with E-state index in [0.717, 1.165) is 11.1 Å². The van der Waals surface area contributed by atoms with Gasteiger partial charge in [0.2, 0.25) is 0 Å². The normalized spacial score (nSPS) is 12.3. The van der Waals surface area contributed by atoms with Crippen LogP contribution < -0.4 is 25.6 Å². The number of anilines is 1. The SMILES string of the molecule is Cc1ccc(C)c(OCC(=O)NNC(=O)c2ccc3c(c2)OCC(=O)N3)c1. The fraction of sp³-hybridized carbons (Fsp3) is 0.211. The van der Waals surface area contributed by atoms with Crippen LogP contribution in [0.4, 0.5) is 5.69 Å². The Morgan fingerprint density at radius 1 is 1.15 bits per heavy atom. The predicted molar refractivity (Wildman–Crippen MR) is 97.6 cm³/mol. The summed E-state index contributed by atoms with van der Waals surface area (Å²) < 4.78 is 10.7. The molecule has 27 heavy (non-hydrogen) atoms. The molecular formula is C19H19N3O5. The fourth-order valence-electron chi connectivity index (χ4n) is 2.46. The van der Waals surface area contributed by atoms with Gasteiger partial charge in [0.25, 0.3) is 17.7 Å². The van der Waals surface area contributed by atoms with Crippen LogP contribution in [0.2, 0.25) is 0 Å². The molecule has 1 aliphatic rings. The highest BCUT2D eigenvalue weighted by molar-refractivity contribution is 5.99. The van der Waals surface area contributed by atoms with E-state index < -0.39 is 11.8 Å². The summed E-state index contributed by atoms with van der Waals surface area (Å²) in [6, 6.07) is 10.3. The Bertz CT molecular complexity index is 910. The van der Waals surface area contributed by atoms with Crippen LogP contribution in [-0.2, 0) is 9.59 Å². The van der Waals surface area contributed by atoms with E-state index in [2.05, 4.69) is 16.2 Å². The maximum atomic E-state index is 12.2. The van der Waals surface area contributed by atoms with Crippen molar-refractivity contribution in [2.24, 2.45) is 0 Å². The molecule has 0 bridgehead atoms. The van der Waals surface area contributed by atoms with Crippen molar-refractivity contribution in [3.63, 3.8) is 0 Å². The summed E-state index contributed by atoms with van der Waals surface area (Å²) in [6.45, 7) is 3.48. The first-order valence-electron chi connectivity index (χ1n) is 8.28. The summed E-state index contributed by atoms with van der Waals surface area (Å²) in [4.78, 5) is 35.3. The molecule has 0 saturated carbocycles. The van der Waals surface area contributed by atoms with Crippen molar-refractivity contribution in [1.82, 2.24) is 10.9 Å². The number of hydrazine groups is 1.